The summed E-state index contributed by atoms with van der Waals surface area (Å²) in [6.07, 6.45) is 0. The summed E-state index contributed by atoms with van der Waals surface area (Å²) in [4.78, 5) is 0. The van der Waals surface area contributed by atoms with Gasteiger partial charge in [0.1, 0.15) is 11.6 Å². The van der Waals surface area contributed by atoms with Gasteiger partial charge in [-0.1, -0.05) is 11.3 Å². The average Bonchev–Trinajstić information content (AvgIpc) is 2.60. The zero-order chi connectivity index (χ0) is 9.52. The van der Waals surface area contributed by atoms with Crippen molar-refractivity contribution in [2.24, 2.45) is 0 Å². The van der Waals surface area contributed by atoms with Crippen molar-refractivity contribution < 1.29 is 9.47 Å². The van der Waals surface area contributed by atoms with Crippen LogP contribution in [0.4, 0.5) is 0 Å². The monoisotopic (exact) mass is 222 g/mol. The number of nitrogens with zero attached hydrogens (tertiary/aromatic N) is 2. The Balaban J connectivity index is 2.20. The van der Waals surface area contributed by atoms with Gasteiger partial charge in [0.25, 0.3) is 5.19 Å². The van der Waals surface area contributed by atoms with Crippen LogP contribution >= 0.6 is 22.9 Å². The minimum Gasteiger partial charge on any atom is -0.466 e. The molecule has 0 aromatic carbocycles. The maximum atomic E-state index is 5.55. The van der Waals surface area contributed by atoms with E-state index in [1.165, 1.54) is 11.3 Å². The van der Waals surface area contributed by atoms with Crippen LogP contribution in [-0.4, -0.2) is 30.0 Å². The number of rotatable bonds is 6. The average molecular weight is 223 g/mol. The Bertz CT molecular complexity index is 244. The number of hydrogen-bond acceptors (Lipinski definition) is 5. The quantitative estimate of drug-likeness (QED) is 0.543. The highest BCUT2D eigenvalue weighted by molar-refractivity contribution is 7.13. The summed E-state index contributed by atoms with van der Waals surface area (Å²) in [7, 11) is 0. The maximum absolute atomic E-state index is 5.55. The Hall–Kier alpha value is -0.390. The summed E-state index contributed by atoms with van der Waals surface area (Å²) in [6.45, 7) is 3.72. The summed E-state index contributed by atoms with van der Waals surface area (Å²) in [5.74, 6) is 0.381. The third kappa shape index (κ3) is 3.89. The normalized spacial score (nSPS) is 10.3. The number of ether oxygens (including phenoxy) is 2. The second-order valence-electron chi connectivity index (χ2n) is 2.14. The number of alkyl halides is 1. The van der Waals surface area contributed by atoms with Crippen LogP contribution in [-0.2, 0) is 10.6 Å². The Morgan fingerprint density at radius 3 is 2.85 bits per heavy atom. The van der Waals surface area contributed by atoms with Crippen molar-refractivity contribution in [2.75, 3.05) is 19.8 Å². The summed E-state index contributed by atoms with van der Waals surface area (Å²) >= 11 is 6.91. The highest BCUT2D eigenvalue weighted by Gasteiger charge is 2.02. The molecule has 0 aliphatic carbocycles. The molecule has 1 aromatic rings. The zero-order valence-electron chi connectivity index (χ0n) is 7.33. The molecule has 0 fully saturated rings. The molecule has 0 aliphatic rings. The Kier molecular flexibility index (Phi) is 5.03. The first kappa shape index (κ1) is 10.7. The smallest absolute Gasteiger partial charge is 0.294 e. The molecule has 0 radical (unpaired) electrons. The van der Waals surface area contributed by atoms with Gasteiger partial charge in [0, 0.05) is 6.61 Å². The number of halogens is 1. The van der Waals surface area contributed by atoms with Gasteiger partial charge in [-0.25, -0.2) is 0 Å². The van der Waals surface area contributed by atoms with Crippen molar-refractivity contribution in [1.82, 2.24) is 10.2 Å². The largest absolute Gasteiger partial charge is 0.466 e. The molecule has 6 heteroatoms. The standard InChI is InChI=1S/C7H11ClN2O2S/c1-2-11-3-4-12-7-10-9-6(5-8)13-7/h2-5H2,1H3. The van der Waals surface area contributed by atoms with E-state index in [1.807, 2.05) is 6.92 Å². The lowest BCUT2D eigenvalue weighted by atomic mass is 10.7. The molecule has 13 heavy (non-hydrogen) atoms. The van der Waals surface area contributed by atoms with Gasteiger partial charge in [0.05, 0.1) is 12.5 Å². The van der Waals surface area contributed by atoms with E-state index < -0.39 is 0 Å². The van der Waals surface area contributed by atoms with Crippen LogP contribution in [0.15, 0.2) is 0 Å². The van der Waals surface area contributed by atoms with Gasteiger partial charge in [-0.05, 0) is 6.92 Å². The molecule has 4 nitrogen and oxygen atoms in total. The Morgan fingerprint density at radius 1 is 1.38 bits per heavy atom. The van der Waals surface area contributed by atoms with Crippen molar-refractivity contribution in [3.63, 3.8) is 0 Å². The van der Waals surface area contributed by atoms with E-state index in [4.69, 9.17) is 21.1 Å². The summed E-state index contributed by atoms with van der Waals surface area (Å²) in [5.41, 5.74) is 0. The Morgan fingerprint density at radius 2 is 2.23 bits per heavy atom. The van der Waals surface area contributed by atoms with Gasteiger partial charge in [-0.2, -0.15) is 0 Å². The topological polar surface area (TPSA) is 44.2 Å². The van der Waals surface area contributed by atoms with Crippen LogP contribution in [0, 0.1) is 0 Å². The summed E-state index contributed by atoms with van der Waals surface area (Å²) < 4.78 is 10.3. The predicted molar refractivity (Wildman–Crippen MR) is 51.5 cm³/mol. The molecule has 0 N–H and O–H groups in total. The number of aromatic nitrogens is 2. The van der Waals surface area contributed by atoms with Gasteiger partial charge >= 0.3 is 0 Å². The van der Waals surface area contributed by atoms with E-state index in [0.717, 1.165) is 5.01 Å². The molecule has 0 bridgehead atoms. The molecule has 0 spiro atoms. The number of hydrogen-bond donors (Lipinski definition) is 0. The van der Waals surface area contributed by atoms with Crippen molar-refractivity contribution in [3.05, 3.63) is 5.01 Å². The summed E-state index contributed by atoms with van der Waals surface area (Å²) in [6, 6.07) is 0. The van der Waals surface area contributed by atoms with Crippen LogP contribution in [0.25, 0.3) is 0 Å². The van der Waals surface area contributed by atoms with E-state index in [0.29, 0.717) is 30.9 Å². The van der Waals surface area contributed by atoms with E-state index in [9.17, 15) is 0 Å². The van der Waals surface area contributed by atoms with Gasteiger partial charge in [-0.15, -0.1) is 21.8 Å². The van der Waals surface area contributed by atoms with Crippen molar-refractivity contribution in [1.29, 1.82) is 0 Å². The minimum absolute atomic E-state index is 0.381. The van der Waals surface area contributed by atoms with E-state index >= 15 is 0 Å². The lowest BCUT2D eigenvalue weighted by molar-refractivity contribution is 0.110. The van der Waals surface area contributed by atoms with Gasteiger partial charge in [0.2, 0.25) is 0 Å². The zero-order valence-corrected chi connectivity index (χ0v) is 8.90. The fourth-order valence-corrected chi connectivity index (χ4v) is 1.46. The fourth-order valence-electron chi connectivity index (χ4n) is 0.683. The molecule has 1 aromatic heterocycles. The molecule has 0 aliphatic heterocycles. The van der Waals surface area contributed by atoms with Crippen molar-refractivity contribution in [2.45, 2.75) is 12.8 Å². The highest BCUT2D eigenvalue weighted by Crippen LogP contribution is 2.18. The maximum Gasteiger partial charge on any atom is 0.294 e. The third-order valence-electron chi connectivity index (χ3n) is 1.22. The van der Waals surface area contributed by atoms with Crippen LogP contribution in [0.2, 0.25) is 0 Å². The van der Waals surface area contributed by atoms with Crippen molar-refractivity contribution in [3.8, 4) is 5.19 Å². The molecule has 0 amide bonds. The van der Waals surface area contributed by atoms with E-state index in [1.54, 1.807) is 0 Å². The molecule has 0 unspecified atom stereocenters. The van der Waals surface area contributed by atoms with Crippen LogP contribution < -0.4 is 4.74 Å². The lowest BCUT2D eigenvalue weighted by Crippen LogP contribution is -2.05. The Labute approximate surface area is 85.8 Å². The van der Waals surface area contributed by atoms with Crippen LogP contribution in [0.5, 0.6) is 5.19 Å². The molecule has 0 atom stereocenters. The van der Waals surface area contributed by atoms with Crippen LogP contribution in [0.3, 0.4) is 0 Å². The summed E-state index contributed by atoms with van der Waals surface area (Å²) in [5, 5.41) is 8.92. The van der Waals surface area contributed by atoms with E-state index in [-0.39, 0.29) is 0 Å². The van der Waals surface area contributed by atoms with Crippen molar-refractivity contribution >= 4 is 22.9 Å². The second kappa shape index (κ2) is 6.12. The molecule has 1 rings (SSSR count). The molecule has 0 saturated carbocycles. The van der Waals surface area contributed by atoms with Gasteiger partial charge in [-0.3, -0.25) is 0 Å². The molecule has 74 valence electrons. The molecular formula is C7H11ClN2O2S. The first-order valence-electron chi connectivity index (χ1n) is 3.95. The predicted octanol–water partition coefficient (Wildman–Crippen LogP) is 1.69. The molecule has 0 saturated heterocycles. The third-order valence-corrected chi connectivity index (χ3v) is 2.47. The first-order valence-corrected chi connectivity index (χ1v) is 5.30. The fraction of sp³-hybridized carbons (Fsp3) is 0.714. The minimum atomic E-state index is 0.381. The first-order chi connectivity index (χ1) is 6.36. The van der Waals surface area contributed by atoms with E-state index in [2.05, 4.69) is 10.2 Å². The highest BCUT2D eigenvalue weighted by atomic mass is 35.5. The molecule has 1 heterocycles. The second-order valence-corrected chi connectivity index (χ2v) is 3.43. The van der Waals surface area contributed by atoms with Gasteiger partial charge in [0.15, 0.2) is 0 Å². The SMILES string of the molecule is CCOCCOc1nnc(CCl)s1. The van der Waals surface area contributed by atoms with Gasteiger partial charge < -0.3 is 9.47 Å². The van der Waals surface area contributed by atoms with Crippen LogP contribution in [0.1, 0.15) is 11.9 Å². The molecular weight excluding hydrogens is 212 g/mol. The lowest BCUT2D eigenvalue weighted by Gasteiger charge is -2.00.